The zero-order chi connectivity index (χ0) is 17.2. The van der Waals surface area contributed by atoms with Gasteiger partial charge in [-0.1, -0.05) is 12.1 Å². The lowest BCUT2D eigenvalue weighted by molar-refractivity contribution is 0.101. The van der Waals surface area contributed by atoms with Crippen molar-refractivity contribution in [3.05, 3.63) is 59.4 Å². The number of carbonyl (C=O) groups is 1. The Hall–Kier alpha value is -2.21. The first-order valence-electron chi connectivity index (χ1n) is 6.99. The van der Waals surface area contributed by atoms with Gasteiger partial charge in [-0.2, -0.15) is 0 Å². The molecule has 0 aliphatic rings. The summed E-state index contributed by atoms with van der Waals surface area (Å²) in [6, 6.07) is 10.6. The zero-order valence-electron chi connectivity index (χ0n) is 13.2. The molecule has 0 radical (unpaired) electrons. The first-order chi connectivity index (χ1) is 10.7. The second-order valence-corrected chi connectivity index (χ2v) is 7.48. The lowest BCUT2D eigenvalue weighted by Gasteiger charge is -2.22. The van der Waals surface area contributed by atoms with E-state index in [0.29, 0.717) is 23.4 Å². The molecule has 0 saturated carbocycles. The van der Waals surface area contributed by atoms with E-state index >= 15 is 0 Å². The van der Waals surface area contributed by atoms with Gasteiger partial charge >= 0.3 is 0 Å². The average molecular weight is 335 g/mol. The van der Waals surface area contributed by atoms with Crippen molar-refractivity contribution < 1.29 is 17.6 Å². The number of nitrogens with zero attached hydrogens (tertiary/aromatic N) is 1. The lowest BCUT2D eigenvalue weighted by Crippen LogP contribution is -2.19. The summed E-state index contributed by atoms with van der Waals surface area (Å²) in [5, 5.41) is 0. The number of halogens is 1. The van der Waals surface area contributed by atoms with Gasteiger partial charge < -0.3 is 4.90 Å². The maximum atomic E-state index is 13.3. The number of carbonyl (C=O) groups excluding carboxylic acids is 1. The van der Waals surface area contributed by atoms with Gasteiger partial charge in [0.05, 0.1) is 10.6 Å². The highest BCUT2D eigenvalue weighted by Crippen LogP contribution is 2.27. The first-order valence-corrected chi connectivity index (χ1v) is 8.88. The third-order valence-corrected chi connectivity index (χ3v) is 4.63. The minimum atomic E-state index is -3.45. The van der Waals surface area contributed by atoms with E-state index in [0.717, 1.165) is 6.26 Å². The fraction of sp³-hybridized carbons (Fsp3) is 0.235. The highest BCUT2D eigenvalue weighted by Gasteiger charge is 2.18. The maximum absolute atomic E-state index is 13.3. The molecule has 0 N–H and O–H groups in total. The first kappa shape index (κ1) is 17.1. The Kier molecular flexibility index (Phi) is 4.85. The van der Waals surface area contributed by atoms with Crippen LogP contribution in [0, 0.1) is 5.82 Å². The summed E-state index contributed by atoms with van der Waals surface area (Å²) >= 11 is 0. The highest BCUT2D eigenvalue weighted by atomic mass is 32.2. The Labute approximate surface area is 135 Å². The molecule has 2 aromatic carbocycles. The number of benzene rings is 2. The molecule has 0 saturated heterocycles. The molecular formula is C17H18FNO3S. The van der Waals surface area contributed by atoms with Crippen LogP contribution in [0.15, 0.2) is 47.4 Å². The molecule has 0 aliphatic heterocycles. The Balaban J connectivity index is 2.46. The van der Waals surface area contributed by atoms with Crippen molar-refractivity contribution in [1.82, 2.24) is 0 Å². The van der Waals surface area contributed by atoms with Gasteiger partial charge in [0.15, 0.2) is 15.6 Å². The zero-order valence-corrected chi connectivity index (χ0v) is 14.0. The molecule has 6 heteroatoms. The van der Waals surface area contributed by atoms with Crippen molar-refractivity contribution in [1.29, 1.82) is 0 Å². The predicted octanol–water partition coefficient (Wildman–Crippen LogP) is 3.07. The summed E-state index contributed by atoms with van der Waals surface area (Å²) in [6.45, 7) is 1.74. The average Bonchev–Trinajstić information content (AvgIpc) is 2.45. The van der Waals surface area contributed by atoms with E-state index in [1.54, 1.807) is 30.1 Å². The van der Waals surface area contributed by atoms with Crippen LogP contribution < -0.4 is 4.90 Å². The van der Waals surface area contributed by atoms with Crippen LogP contribution in [-0.2, 0) is 16.4 Å². The van der Waals surface area contributed by atoms with Crippen molar-refractivity contribution in [2.75, 3.05) is 18.2 Å². The Morgan fingerprint density at radius 3 is 2.43 bits per heavy atom. The molecule has 0 fully saturated rings. The fourth-order valence-corrected chi connectivity index (χ4v) is 3.25. The molecule has 2 aromatic rings. The molecule has 0 unspecified atom stereocenters. The van der Waals surface area contributed by atoms with E-state index in [1.807, 2.05) is 0 Å². The Morgan fingerprint density at radius 2 is 1.87 bits per heavy atom. The van der Waals surface area contributed by atoms with Gasteiger partial charge in [-0.15, -0.1) is 0 Å². The smallest absolute Gasteiger partial charge is 0.177 e. The summed E-state index contributed by atoms with van der Waals surface area (Å²) in [4.78, 5) is 13.4. The third kappa shape index (κ3) is 4.16. The van der Waals surface area contributed by atoms with Crippen molar-refractivity contribution in [3.8, 4) is 0 Å². The summed E-state index contributed by atoms with van der Waals surface area (Å²) in [5.41, 5.74) is 1.56. The minimum absolute atomic E-state index is 0.140. The van der Waals surface area contributed by atoms with Gasteiger partial charge in [-0.3, -0.25) is 4.79 Å². The Bertz CT molecular complexity index is 847. The number of anilines is 1. The molecular weight excluding hydrogens is 317 g/mol. The van der Waals surface area contributed by atoms with Crippen LogP contribution in [0.1, 0.15) is 22.8 Å². The molecule has 0 aliphatic carbocycles. The number of hydrogen-bond donors (Lipinski definition) is 0. The highest BCUT2D eigenvalue weighted by molar-refractivity contribution is 7.90. The molecule has 0 amide bonds. The molecule has 23 heavy (non-hydrogen) atoms. The second kappa shape index (κ2) is 6.50. The van der Waals surface area contributed by atoms with Crippen molar-refractivity contribution in [3.63, 3.8) is 0 Å². The van der Waals surface area contributed by atoms with E-state index < -0.39 is 9.84 Å². The standard InChI is InChI=1S/C17H18FNO3S/c1-12(20)14-7-8-17(23(3,21)22)16(10-14)19(2)11-13-5-4-6-15(18)9-13/h4-10H,11H2,1-3H3. The predicted molar refractivity (Wildman–Crippen MR) is 88.1 cm³/mol. The SMILES string of the molecule is CC(=O)c1ccc(S(C)(=O)=O)c(N(C)Cc2cccc(F)c2)c1. The quantitative estimate of drug-likeness (QED) is 0.788. The largest absolute Gasteiger partial charge is 0.369 e. The third-order valence-electron chi connectivity index (χ3n) is 3.48. The van der Waals surface area contributed by atoms with E-state index in [1.165, 1.54) is 31.2 Å². The second-order valence-electron chi connectivity index (χ2n) is 5.50. The number of Topliss-reactive ketones (excluding diaryl/α,β-unsaturated/α-hetero) is 1. The van der Waals surface area contributed by atoms with Gasteiger partial charge in [-0.25, -0.2) is 12.8 Å². The molecule has 0 spiro atoms. The van der Waals surface area contributed by atoms with E-state index in [9.17, 15) is 17.6 Å². The monoisotopic (exact) mass is 335 g/mol. The van der Waals surface area contributed by atoms with Crippen LogP contribution in [0.25, 0.3) is 0 Å². The minimum Gasteiger partial charge on any atom is -0.369 e. The number of rotatable bonds is 5. The summed E-state index contributed by atoms with van der Waals surface area (Å²) in [7, 11) is -1.74. The van der Waals surface area contributed by atoms with Crippen molar-refractivity contribution in [2.45, 2.75) is 18.4 Å². The van der Waals surface area contributed by atoms with Gasteiger partial charge in [-0.05, 0) is 42.8 Å². The molecule has 0 heterocycles. The van der Waals surface area contributed by atoms with Crippen LogP contribution >= 0.6 is 0 Å². The van der Waals surface area contributed by atoms with E-state index in [-0.39, 0.29) is 16.5 Å². The van der Waals surface area contributed by atoms with Crippen LogP contribution in [0.5, 0.6) is 0 Å². The van der Waals surface area contributed by atoms with Crippen LogP contribution in [0.3, 0.4) is 0 Å². The molecule has 0 atom stereocenters. The number of hydrogen-bond acceptors (Lipinski definition) is 4. The number of ketones is 1. The van der Waals surface area contributed by atoms with E-state index in [4.69, 9.17) is 0 Å². The molecule has 4 nitrogen and oxygen atoms in total. The van der Waals surface area contributed by atoms with Gasteiger partial charge in [0, 0.05) is 25.4 Å². The van der Waals surface area contributed by atoms with Crippen molar-refractivity contribution in [2.24, 2.45) is 0 Å². The molecule has 122 valence electrons. The number of sulfone groups is 1. The summed E-state index contributed by atoms with van der Waals surface area (Å²) in [6.07, 6.45) is 1.12. The van der Waals surface area contributed by atoms with E-state index in [2.05, 4.69) is 0 Å². The fourth-order valence-electron chi connectivity index (χ4n) is 2.34. The molecule has 2 rings (SSSR count). The topological polar surface area (TPSA) is 54.5 Å². The normalized spacial score (nSPS) is 11.3. The maximum Gasteiger partial charge on any atom is 0.177 e. The molecule has 0 aromatic heterocycles. The van der Waals surface area contributed by atoms with Crippen LogP contribution in [0.4, 0.5) is 10.1 Å². The van der Waals surface area contributed by atoms with Crippen molar-refractivity contribution >= 4 is 21.3 Å². The van der Waals surface area contributed by atoms with Crippen LogP contribution in [0.2, 0.25) is 0 Å². The summed E-state index contributed by atoms with van der Waals surface area (Å²) in [5.74, 6) is -0.498. The van der Waals surface area contributed by atoms with Gasteiger partial charge in [0.25, 0.3) is 0 Å². The lowest BCUT2D eigenvalue weighted by atomic mass is 10.1. The van der Waals surface area contributed by atoms with Gasteiger partial charge in [0.2, 0.25) is 0 Å². The van der Waals surface area contributed by atoms with Crippen LogP contribution in [-0.4, -0.2) is 27.5 Å². The van der Waals surface area contributed by atoms with Gasteiger partial charge in [0.1, 0.15) is 5.82 Å². The summed E-state index contributed by atoms with van der Waals surface area (Å²) < 4.78 is 37.2. The molecule has 0 bridgehead atoms. The Morgan fingerprint density at radius 1 is 1.17 bits per heavy atom.